The molecule has 0 bridgehead atoms. The van der Waals surface area contributed by atoms with Gasteiger partial charge in [0.2, 0.25) is 0 Å². The van der Waals surface area contributed by atoms with Crippen molar-refractivity contribution in [2.24, 2.45) is 9.98 Å². The lowest BCUT2D eigenvalue weighted by atomic mass is 10.1. The van der Waals surface area contributed by atoms with E-state index in [2.05, 4.69) is 82.1 Å². The molecule has 10 nitrogen and oxygen atoms in total. The monoisotopic (exact) mass is 822 g/mol. The molecule has 6 rings (SSSR count). The Balaban J connectivity index is 0.000000186. The summed E-state index contributed by atoms with van der Waals surface area (Å²) in [6.07, 6.45) is 22.2. The smallest absolute Gasteiger partial charge is 0.302 e. The molecule has 0 atom stereocenters. The fraction of sp³-hybridized carbons (Fsp3) is 0.488. The minimum Gasteiger partial charge on any atom is -0.302 e. The third-order valence-electron chi connectivity index (χ3n) is 8.64. The van der Waals surface area contributed by atoms with Gasteiger partial charge in [0.25, 0.3) is 0 Å². The van der Waals surface area contributed by atoms with Gasteiger partial charge in [-0.25, -0.2) is 0 Å². The molecule has 3 aromatic heterocycles. The predicted octanol–water partition coefficient (Wildman–Crippen LogP) is 8.91. The molecule has 55 heavy (non-hydrogen) atoms. The Bertz CT molecular complexity index is 1890. The van der Waals surface area contributed by atoms with E-state index in [-0.39, 0.29) is 0 Å². The number of hydrogen-bond donors (Lipinski definition) is 0. The molecule has 0 spiro atoms. The zero-order chi connectivity index (χ0) is 39.5. The number of likely N-dealkylation sites (N-methyl/N-ethyl adjacent to an activating group) is 1. The van der Waals surface area contributed by atoms with Crippen LogP contribution in [-0.4, -0.2) is 113 Å². The summed E-state index contributed by atoms with van der Waals surface area (Å²) in [6, 6.07) is 9.48. The van der Waals surface area contributed by atoms with Crippen LogP contribution < -0.4 is 0 Å². The second kappa shape index (κ2) is 23.9. The van der Waals surface area contributed by atoms with E-state index < -0.39 is 10.2 Å². The molecule has 0 aliphatic carbocycles. The summed E-state index contributed by atoms with van der Waals surface area (Å²) in [5, 5.41) is 4.90. The van der Waals surface area contributed by atoms with Crippen LogP contribution >= 0.6 is 35.3 Å². The molecule has 6 heterocycles. The summed E-state index contributed by atoms with van der Waals surface area (Å²) in [6.45, 7) is 10.6. The van der Waals surface area contributed by atoms with E-state index in [4.69, 9.17) is 0 Å². The Kier molecular flexibility index (Phi) is 19.4. The van der Waals surface area contributed by atoms with Gasteiger partial charge in [0.05, 0.1) is 30.2 Å². The van der Waals surface area contributed by atoms with E-state index in [9.17, 15) is 8.42 Å². The molecule has 0 saturated heterocycles. The molecule has 0 radical (unpaired) electrons. The van der Waals surface area contributed by atoms with Crippen LogP contribution in [0.5, 0.6) is 0 Å². The van der Waals surface area contributed by atoms with Gasteiger partial charge < -0.3 is 4.90 Å². The van der Waals surface area contributed by atoms with Crippen molar-refractivity contribution in [1.82, 2.24) is 28.4 Å². The lowest BCUT2D eigenvalue weighted by Crippen LogP contribution is -2.30. The van der Waals surface area contributed by atoms with Crippen molar-refractivity contribution in [2.45, 2.75) is 70.7 Å². The van der Waals surface area contributed by atoms with E-state index in [1.807, 2.05) is 41.9 Å². The average Bonchev–Trinajstić information content (AvgIpc) is 3.98. The molecule has 0 unspecified atom stereocenters. The van der Waals surface area contributed by atoms with Gasteiger partial charge in [-0.3, -0.25) is 20.0 Å². The molecule has 0 N–H and O–H groups in total. The number of aromatic nitrogens is 4. The van der Waals surface area contributed by atoms with E-state index in [1.54, 1.807) is 30.7 Å². The van der Waals surface area contributed by atoms with E-state index in [0.29, 0.717) is 10.7 Å². The first-order valence-corrected chi connectivity index (χ1v) is 23.6. The summed E-state index contributed by atoms with van der Waals surface area (Å²) in [4.78, 5) is 22.6. The standard InChI is InChI=1S/C14H20N4O2S2.C14H22N2S.C13H16N2S/c1-4-5-9-21-14-10-13(12-7-6-8-15-11-12)16-18(14)22(19,20)17(2)3;1-3-4-8-17-13-9-14(15-10-13)12-6-5-7-16(2)11-12;1-2-3-7-16-12-8-13(15-10-12)11-5-4-6-14-9-11/h6-8,10-11H,4-5,9H2,1-3H3;6,9H,3-5,7-8,10-11H2,1-2H3;4-6,8-9H,2-3,7,10H2,1H3. The largest absolute Gasteiger partial charge is 0.323 e. The van der Waals surface area contributed by atoms with Crippen LogP contribution in [0.15, 0.2) is 104 Å². The van der Waals surface area contributed by atoms with Gasteiger partial charge in [-0.2, -0.15) is 17.8 Å². The Morgan fingerprint density at radius 1 is 0.782 bits per heavy atom. The first kappa shape index (κ1) is 44.7. The number of pyridine rings is 2. The molecule has 3 aromatic rings. The van der Waals surface area contributed by atoms with Crippen molar-refractivity contribution in [2.75, 3.05) is 64.6 Å². The molecule has 0 fully saturated rings. The zero-order valence-electron chi connectivity index (χ0n) is 33.4. The van der Waals surface area contributed by atoms with Crippen molar-refractivity contribution < 1.29 is 8.42 Å². The second-order valence-electron chi connectivity index (χ2n) is 13.5. The molecule has 3 aliphatic heterocycles. The Morgan fingerprint density at radius 2 is 1.35 bits per heavy atom. The van der Waals surface area contributed by atoms with Crippen LogP contribution in [-0.2, 0) is 10.2 Å². The number of hydrogen-bond acceptors (Lipinski definition) is 11. The number of rotatable bonds is 17. The lowest BCUT2D eigenvalue weighted by molar-refractivity contribution is 0.360. The lowest BCUT2D eigenvalue weighted by Gasteiger charge is -2.22. The molecule has 14 heteroatoms. The first-order valence-electron chi connectivity index (χ1n) is 19.3. The molecule has 0 saturated carbocycles. The Morgan fingerprint density at radius 3 is 1.89 bits per heavy atom. The maximum atomic E-state index is 12.4. The highest BCUT2D eigenvalue weighted by Gasteiger charge is 2.23. The van der Waals surface area contributed by atoms with Crippen LogP contribution in [0.4, 0.5) is 0 Å². The van der Waals surface area contributed by atoms with Crippen molar-refractivity contribution in [1.29, 1.82) is 0 Å². The number of nitrogens with zero attached hydrogens (tertiary/aromatic N) is 8. The minimum absolute atomic E-state index is 0.609. The molecule has 298 valence electrons. The van der Waals surface area contributed by atoms with Crippen LogP contribution in [0.2, 0.25) is 0 Å². The third-order valence-corrected chi connectivity index (χ3v) is 13.7. The van der Waals surface area contributed by atoms with Crippen molar-refractivity contribution >= 4 is 56.9 Å². The van der Waals surface area contributed by atoms with Gasteiger partial charge in [-0.15, -0.1) is 39.4 Å². The SMILES string of the molecule is CCCCSC1=CC(C2=CCCN(C)C2)=NC1.CCCCSC1=CC(c2cccnc2)=NC1.CCCCSc1cc(-c2cccnc2)nn1S(=O)(=O)N(C)C. The molecule has 0 aromatic carbocycles. The van der Waals surface area contributed by atoms with Crippen molar-refractivity contribution in [3.63, 3.8) is 0 Å². The maximum Gasteiger partial charge on any atom is 0.323 e. The fourth-order valence-corrected chi connectivity index (χ4v) is 9.69. The van der Waals surface area contributed by atoms with Crippen LogP contribution in [0.25, 0.3) is 11.3 Å². The number of aliphatic imine (C=N–C) groups is 2. The Labute approximate surface area is 342 Å². The predicted molar refractivity (Wildman–Crippen MR) is 238 cm³/mol. The van der Waals surface area contributed by atoms with Gasteiger partial charge in [0, 0.05) is 72.9 Å². The van der Waals surface area contributed by atoms with E-state index >= 15 is 0 Å². The summed E-state index contributed by atoms with van der Waals surface area (Å²) in [7, 11) is 1.55. The van der Waals surface area contributed by atoms with Gasteiger partial charge in [-0.1, -0.05) is 46.1 Å². The third kappa shape index (κ3) is 14.5. The highest BCUT2D eigenvalue weighted by molar-refractivity contribution is 8.03. The fourth-order valence-electron chi connectivity index (χ4n) is 5.39. The second-order valence-corrected chi connectivity index (χ2v) is 19.0. The number of thioether (sulfide) groups is 3. The van der Waals surface area contributed by atoms with Crippen molar-refractivity contribution in [3.05, 3.63) is 94.3 Å². The summed E-state index contributed by atoms with van der Waals surface area (Å²) >= 11 is 5.42. The number of unbranched alkanes of at least 4 members (excludes halogenated alkanes) is 3. The Hall–Kier alpha value is -3.01. The van der Waals surface area contributed by atoms with Crippen molar-refractivity contribution in [3.8, 4) is 11.3 Å². The van der Waals surface area contributed by atoms with Crippen LogP contribution in [0.3, 0.4) is 0 Å². The maximum absolute atomic E-state index is 12.4. The summed E-state index contributed by atoms with van der Waals surface area (Å²) in [5.74, 6) is 3.31. The highest BCUT2D eigenvalue weighted by Crippen LogP contribution is 2.28. The molecule has 3 aliphatic rings. The topological polar surface area (TPSA) is 109 Å². The van der Waals surface area contributed by atoms with Gasteiger partial charge >= 0.3 is 10.2 Å². The van der Waals surface area contributed by atoms with E-state index in [1.165, 1.54) is 90.7 Å². The minimum atomic E-state index is -3.63. The first-order chi connectivity index (χ1) is 26.7. The van der Waals surface area contributed by atoms with Gasteiger partial charge in [0.1, 0.15) is 5.03 Å². The van der Waals surface area contributed by atoms with Crippen LogP contribution in [0.1, 0.15) is 71.3 Å². The quantitative estimate of drug-likeness (QED) is 0.0975. The summed E-state index contributed by atoms with van der Waals surface area (Å²) in [5.41, 5.74) is 6.26. The normalized spacial score (nSPS) is 15.7. The molecular formula is C41H58N8O2S4. The average molecular weight is 823 g/mol. The number of allylic oxidation sites excluding steroid dienone is 2. The summed E-state index contributed by atoms with van der Waals surface area (Å²) < 4.78 is 27.1. The molecule has 0 amide bonds. The van der Waals surface area contributed by atoms with E-state index in [0.717, 1.165) is 69.9 Å². The van der Waals surface area contributed by atoms with Crippen LogP contribution in [0, 0.1) is 0 Å². The van der Waals surface area contributed by atoms with Gasteiger partial charge in [0.15, 0.2) is 0 Å². The zero-order valence-corrected chi connectivity index (χ0v) is 36.6. The molecular weight excluding hydrogens is 765 g/mol. The highest BCUT2D eigenvalue weighted by atomic mass is 32.2. The van der Waals surface area contributed by atoms with Gasteiger partial charge in [-0.05, 0) is 98.0 Å².